The smallest absolute Gasteiger partial charge is 0.240 e. The van der Waals surface area contributed by atoms with Crippen LogP contribution in [0.25, 0.3) is 0 Å². The lowest BCUT2D eigenvalue weighted by Crippen LogP contribution is -2.49. The molecule has 2 aliphatic rings. The van der Waals surface area contributed by atoms with Crippen molar-refractivity contribution in [1.29, 1.82) is 0 Å². The van der Waals surface area contributed by atoms with Gasteiger partial charge in [-0.1, -0.05) is 36.8 Å². The van der Waals surface area contributed by atoms with Crippen LogP contribution in [0.2, 0.25) is 0 Å². The largest absolute Gasteiger partial charge is 0.334 e. The highest BCUT2D eigenvalue weighted by Crippen LogP contribution is 2.33. The van der Waals surface area contributed by atoms with Crippen molar-refractivity contribution in [2.75, 3.05) is 20.1 Å². The number of hydrogen-bond acceptors (Lipinski definition) is 2. The van der Waals surface area contributed by atoms with Crippen molar-refractivity contribution in [3.05, 3.63) is 35.9 Å². The minimum absolute atomic E-state index is 0.105. The zero-order valence-electron chi connectivity index (χ0n) is 12.3. The third-order valence-corrected chi connectivity index (χ3v) is 4.78. The Hall–Kier alpha value is -1.35. The molecule has 2 saturated heterocycles. The number of benzene rings is 1. The van der Waals surface area contributed by atoms with Gasteiger partial charge in [-0.2, -0.15) is 0 Å². The maximum Gasteiger partial charge on any atom is 0.240 e. The molecule has 2 atom stereocenters. The second-order valence-electron chi connectivity index (χ2n) is 6.09. The maximum absolute atomic E-state index is 12.9. The van der Waals surface area contributed by atoms with E-state index in [1.807, 2.05) is 6.07 Å². The van der Waals surface area contributed by atoms with Crippen LogP contribution >= 0.6 is 0 Å². The molecule has 0 unspecified atom stereocenters. The molecule has 2 aliphatic heterocycles. The molecule has 0 aliphatic carbocycles. The Morgan fingerprint density at radius 3 is 2.60 bits per heavy atom. The van der Waals surface area contributed by atoms with Crippen LogP contribution in [0.5, 0.6) is 0 Å². The summed E-state index contributed by atoms with van der Waals surface area (Å²) in [5.74, 6) is 0.346. The van der Waals surface area contributed by atoms with Crippen molar-refractivity contribution >= 4 is 5.91 Å². The Balaban J connectivity index is 1.76. The van der Waals surface area contributed by atoms with E-state index in [4.69, 9.17) is 0 Å². The lowest BCUT2D eigenvalue weighted by molar-refractivity contribution is -0.138. The van der Waals surface area contributed by atoms with Gasteiger partial charge in [-0.15, -0.1) is 0 Å². The van der Waals surface area contributed by atoms with Crippen LogP contribution in [0.15, 0.2) is 30.3 Å². The highest BCUT2D eigenvalue weighted by Gasteiger charge is 2.36. The van der Waals surface area contributed by atoms with E-state index in [2.05, 4.69) is 41.1 Å². The van der Waals surface area contributed by atoms with Crippen LogP contribution in [0.1, 0.15) is 43.7 Å². The van der Waals surface area contributed by atoms with Gasteiger partial charge >= 0.3 is 0 Å². The number of hydrogen-bond donors (Lipinski definition) is 0. The van der Waals surface area contributed by atoms with Gasteiger partial charge < -0.3 is 4.90 Å². The number of amides is 1. The van der Waals surface area contributed by atoms with E-state index < -0.39 is 0 Å². The van der Waals surface area contributed by atoms with E-state index in [-0.39, 0.29) is 6.04 Å². The van der Waals surface area contributed by atoms with Gasteiger partial charge in [0.05, 0.1) is 12.1 Å². The lowest BCUT2D eigenvalue weighted by Gasteiger charge is -2.36. The van der Waals surface area contributed by atoms with Gasteiger partial charge in [0.15, 0.2) is 0 Å². The summed E-state index contributed by atoms with van der Waals surface area (Å²) in [5, 5.41) is 0. The molecule has 3 rings (SSSR count). The minimum Gasteiger partial charge on any atom is -0.334 e. The van der Waals surface area contributed by atoms with E-state index in [1.165, 1.54) is 18.4 Å². The topological polar surface area (TPSA) is 23.6 Å². The van der Waals surface area contributed by atoms with Crippen LogP contribution in [0.3, 0.4) is 0 Å². The highest BCUT2D eigenvalue weighted by molar-refractivity contribution is 5.82. The normalized spacial score (nSPS) is 27.8. The van der Waals surface area contributed by atoms with Crippen LogP contribution in [0, 0.1) is 0 Å². The molecule has 20 heavy (non-hydrogen) atoms. The van der Waals surface area contributed by atoms with Gasteiger partial charge in [0.1, 0.15) is 0 Å². The lowest BCUT2D eigenvalue weighted by atomic mass is 10.00. The molecule has 108 valence electrons. The van der Waals surface area contributed by atoms with Crippen molar-refractivity contribution in [2.45, 2.75) is 44.2 Å². The molecule has 0 spiro atoms. The number of rotatable bonds is 2. The highest BCUT2D eigenvalue weighted by atomic mass is 16.2. The molecule has 3 heteroatoms. The van der Waals surface area contributed by atoms with E-state index in [9.17, 15) is 4.79 Å². The van der Waals surface area contributed by atoms with Gasteiger partial charge in [0, 0.05) is 6.54 Å². The quantitative estimate of drug-likeness (QED) is 0.826. The molecule has 1 amide bonds. The molecule has 0 aromatic heterocycles. The Labute approximate surface area is 121 Å². The van der Waals surface area contributed by atoms with Crippen molar-refractivity contribution < 1.29 is 4.79 Å². The summed E-state index contributed by atoms with van der Waals surface area (Å²) in [6.45, 7) is 1.98. The Bertz CT molecular complexity index is 459. The van der Waals surface area contributed by atoms with Gasteiger partial charge in [-0.3, -0.25) is 9.69 Å². The van der Waals surface area contributed by atoms with Crippen molar-refractivity contribution in [1.82, 2.24) is 9.80 Å². The molecule has 2 fully saturated rings. The fraction of sp³-hybridized carbons (Fsp3) is 0.588. The number of carbonyl (C=O) groups is 1. The number of carbonyl (C=O) groups excluding carboxylic acids is 1. The van der Waals surface area contributed by atoms with Crippen molar-refractivity contribution in [3.8, 4) is 0 Å². The zero-order valence-corrected chi connectivity index (χ0v) is 12.3. The zero-order chi connectivity index (χ0) is 13.9. The third-order valence-electron chi connectivity index (χ3n) is 4.78. The number of likely N-dealkylation sites (N-methyl/N-ethyl adjacent to an activating group) is 1. The second kappa shape index (κ2) is 5.96. The first kappa shape index (κ1) is 13.6. The second-order valence-corrected chi connectivity index (χ2v) is 6.09. The molecular weight excluding hydrogens is 248 g/mol. The number of likely N-dealkylation sites (tertiary alicyclic amines) is 2. The average Bonchev–Trinajstić information content (AvgIpc) is 2.97. The molecule has 2 heterocycles. The van der Waals surface area contributed by atoms with Crippen LogP contribution in [0.4, 0.5) is 0 Å². The number of piperidine rings is 1. The first-order valence-corrected chi connectivity index (χ1v) is 7.83. The molecule has 0 N–H and O–H groups in total. The summed E-state index contributed by atoms with van der Waals surface area (Å²) < 4.78 is 0. The summed E-state index contributed by atoms with van der Waals surface area (Å²) in [5.41, 5.74) is 1.29. The fourth-order valence-electron chi connectivity index (χ4n) is 3.63. The summed E-state index contributed by atoms with van der Waals surface area (Å²) in [7, 11) is 2.09. The molecule has 0 bridgehead atoms. The minimum atomic E-state index is 0.105. The van der Waals surface area contributed by atoms with Crippen molar-refractivity contribution in [3.63, 3.8) is 0 Å². The van der Waals surface area contributed by atoms with Crippen LogP contribution in [-0.2, 0) is 4.79 Å². The first-order chi connectivity index (χ1) is 9.77. The van der Waals surface area contributed by atoms with E-state index in [1.54, 1.807) is 0 Å². The summed E-state index contributed by atoms with van der Waals surface area (Å²) in [6.07, 6.45) is 5.66. The maximum atomic E-state index is 12.9. The van der Waals surface area contributed by atoms with Crippen LogP contribution in [-0.4, -0.2) is 41.9 Å². The molecule has 0 radical (unpaired) electrons. The SMILES string of the molecule is CN1CCCC[C@H]1C(=O)N1CCC[C@H]1c1ccccc1. The fourth-order valence-corrected chi connectivity index (χ4v) is 3.63. The molecule has 1 aromatic carbocycles. The van der Waals surface area contributed by atoms with Gasteiger partial charge in [-0.25, -0.2) is 0 Å². The average molecular weight is 272 g/mol. The predicted molar refractivity (Wildman–Crippen MR) is 80.4 cm³/mol. The standard InChI is InChI=1S/C17H24N2O/c1-18-12-6-5-10-16(18)17(20)19-13-7-11-15(19)14-8-3-2-4-9-14/h2-4,8-9,15-16H,5-7,10-13H2,1H3/t15-,16-/m0/s1. The monoisotopic (exact) mass is 272 g/mol. The third kappa shape index (κ3) is 2.59. The molecule has 1 aromatic rings. The molecular formula is C17H24N2O. The first-order valence-electron chi connectivity index (χ1n) is 7.83. The van der Waals surface area contributed by atoms with Gasteiger partial charge in [-0.05, 0) is 44.8 Å². The van der Waals surface area contributed by atoms with Crippen molar-refractivity contribution in [2.24, 2.45) is 0 Å². The summed E-state index contributed by atoms with van der Waals surface area (Å²) in [6, 6.07) is 10.9. The van der Waals surface area contributed by atoms with E-state index in [0.29, 0.717) is 11.9 Å². The molecule has 0 saturated carbocycles. The predicted octanol–water partition coefficient (Wildman–Crippen LogP) is 2.83. The van der Waals surface area contributed by atoms with Gasteiger partial charge in [0.2, 0.25) is 5.91 Å². The number of nitrogens with zero attached hydrogens (tertiary/aromatic N) is 2. The summed E-state index contributed by atoms with van der Waals surface area (Å²) in [4.78, 5) is 17.2. The van der Waals surface area contributed by atoms with Gasteiger partial charge in [0.25, 0.3) is 0 Å². The Morgan fingerprint density at radius 1 is 1.05 bits per heavy atom. The Kier molecular flexibility index (Phi) is 4.06. The Morgan fingerprint density at radius 2 is 1.85 bits per heavy atom. The van der Waals surface area contributed by atoms with Crippen LogP contribution < -0.4 is 0 Å². The summed E-state index contributed by atoms with van der Waals surface area (Å²) >= 11 is 0. The molecule has 3 nitrogen and oxygen atoms in total. The van der Waals surface area contributed by atoms with E-state index in [0.717, 1.165) is 32.4 Å². The van der Waals surface area contributed by atoms with E-state index >= 15 is 0 Å².